The van der Waals surface area contributed by atoms with Gasteiger partial charge in [-0.1, -0.05) is 164 Å². The molecule has 10 rings (SSSR count). The average Bonchev–Trinajstić information content (AvgIpc) is 3.61. The first-order valence-corrected chi connectivity index (χ1v) is 17.8. The Bertz CT molecular complexity index is 2920. The van der Waals surface area contributed by atoms with Crippen LogP contribution in [0.1, 0.15) is 0 Å². The first-order valence-electron chi connectivity index (χ1n) is 17.8. The van der Waals surface area contributed by atoms with Crippen molar-refractivity contribution in [3.05, 3.63) is 188 Å². The highest BCUT2D eigenvalue weighted by Gasteiger charge is 2.22. The van der Waals surface area contributed by atoms with Crippen LogP contribution < -0.4 is 0 Å². The molecule has 0 aliphatic rings. The third-order valence-electron chi connectivity index (χ3n) is 9.95. The van der Waals surface area contributed by atoms with Crippen LogP contribution in [-0.2, 0) is 0 Å². The van der Waals surface area contributed by atoms with E-state index >= 15 is 0 Å². The van der Waals surface area contributed by atoms with E-state index in [9.17, 15) is 0 Å². The number of hydrogen-bond acceptors (Lipinski definition) is 4. The van der Waals surface area contributed by atoms with Gasteiger partial charge in [0.05, 0.1) is 0 Å². The van der Waals surface area contributed by atoms with Crippen LogP contribution in [0, 0.1) is 0 Å². The molecule has 0 saturated carbocycles. The summed E-state index contributed by atoms with van der Waals surface area (Å²) in [6, 6.07) is 65.1. The summed E-state index contributed by atoms with van der Waals surface area (Å²) in [5.74, 6) is 1.81. The second-order valence-corrected chi connectivity index (χ2v) is 13.2. The topological polar surface area (TPSA) is 51.8 Å². The number of hydrogen-bond donors (Lipinski definition) is 0. The van der Waals surface area contributed by atoms with Gasteiger partial charge in [-0.3, -0.25) is 0 Å². The van der Waals surface area contributed by atoms with E-state index in [4.69, 9.17) is 19.4 Å². The number of fused-ring (bicyclic) bond motifs is 4. The molecule has 0 aliphatic carbocycles. The SMILES string of the molecule is c1ccc(-c2ccc(-c3nc(-c4ccccc4)nc(-c4ccc(-c5ccccc5-c5ccccc5)c5oc6cc7ccccc7cc6c45)n3)cc2)cc1. The van der Waals surface area contributed by atoms with Gasteiger partial charge in [0.1, 0.15) is 11.2 Å². The Morgan fingerprint density at radius 2 is 0.792 bits per heavy atom. The Balaban J connectivity index is 1.23. The molecule has 0 bridgehead atoms. The van der Waals surface area contributed by atoms with E-state index in [1.807, 2.05) is 42.5 Å². The van der Waals surface area contributed by atoms with E-state index in [2.05, 4.69) is 146 Å². The number of aromatic nitrogens is 3. The number of nitrogens with zero attached hydrogens (tertiary/aromatic N) is 3. The smallest absolute Gasteiger partial charge is 0.164 e. The molecule has 0 radical (unpaired) electrons. The molecule has 0 atom stereocenters. The Morgan fingerprint density at radius 1 is 0.321 bits per heavy atom. The summed E-state index contributed by atoms with van der Waals surface area (Å²) in [7, 11) is 0. The highest BCUT2D eigenvalue weighted by molar-refractivity contribution is 6.18. The summed E-state index contributed by atoms with van der Waals surface area (Å²) >= 11 is 0. The van der Waals surface area contributed by atoms with E-state index in [1.165, 1.54) is 0 Å². The molecule has 0 unspecified atom stereocenters. The molecule has 10 aromatic rings. The van der Waals surface area contributed by atoms with E-state index in [0.29, 0.717) is 17.5 Å². The van der Waals surface area contributed by atoms with Gasteiger partial charge >= 0.3 is 0 Å². The van der Waals surface area contributed by atoms with Crippen molar-refractivity contribution in [3.8, 4) is 67.5 Å². The molecule has 0 spiro atoms. The predicted molar refractivity (Wildman–Crippen MR) is 217 cm³/mol. The quantitative estimate of drug-likeness (QED) is 0.176. The van der Waals surface area contributed by atoms with Crippen molar-refractivity contribution < 1.29 is 4.42 Å². The van der Waals surface area contributed by atoms with Crippen molar-refractivity contribution in [1.29, 1.82) is 0 Å². The molecule has 0 N–H and O–H groups in total. The fourth-order valence-electron chi connectivity index (χ4n) is 7.34. The Morgan fingerprint density at radius 3 is 1.47 bits per heavy atom. The summed E-state index contributed by atoms with van der Waals surface area (Å²) in [4.78, 5) is 15.4. The molecule has 248 valence electrons. The summed E-state index contributed by atoms with van der Waals surface area (Å²) in [6.45, 7) is 0. The maximum Gasteiger partial charge on any atom is 0.164 e. The molecule has 4 heteroatoms. The zero-order valence-corrected chi connectivity index (χ0v) is 28.6. The van der Waals surface area contributed by atoms with Gasteiger partial charge in [0.15, 0.2) is 17.5 Å². The standard InChI is InChI=1S/C49H31N3O/c1-4-14-32(15-5-1)33-24-26-36(27-25-33)48-50-47(35-18-8-3-9-19-35)51-49(52-48)42-29-28-41(40-23-13-12-22-39(40)34-16-6-2-7-17-34)46-45(42)43-30-37-20-10-11-21-38(37)31-44(43)53-46/h1-31H. The average molecular weight is 678 g/mol. The molecule has 0 saturated heterocycles. The van der Waals surface area contributed by atoms with Gasteiger partial charge in [0.25, 0.3) is 0 Å². The van der Waals surface area contributed by atoms with Crippen LogP contribution >= 0.6 is 0 Å². The van der Waals surface area contributed by atoms with E-state index in [1.54, 1.807) is 0 Å². The molecular formula is C49H31N3O. The maximum absolute atomic E-state index is 6.91. The molecule has 0 aliphatic heterocycles. The normalized spacial score (nSPS) is 11.4. The van der Waals surface area contributed by atoms with E-state index in [0.717, 1.165) is 82.8 Å². The minimum absolute atomic E-state index is 0.588. The lowest BCUT2D eigenvalue weighted by molar-refractivity contribution is 0.670. The Kier molecular flexibility index (Phi) is 7.43. The van der Waals surface area contributed by atoms with Gasteiger partial charge in [-0.05, 0) is 62.9 Å². The van der Waals surface area contributed by atoms with Crippen molar-refractivity contribution >= 4 is 32.7 Å². The number of furan rings is 1. The van der Waals surface area contributed by atoms with Crippen LogP contribution in [0.4, 0.5) is 0 Å². The highest BCUT2D eigenvalue weighted by Crippen LogP contribution is 2.44. The molecule has 2 heterocycles. The fourth-order valence-corrected chi connectivity index (χ4v) is 7.34. The number of rotatable bonds is 6. The lowest BCUT2D eigenvalue weighted by atomic mass is 9.92. The molecule has 4 nitrogen and oxygen atoms in total. The second kappa shape index (κ2) is 12.9. The minimum atomic E-state index is 0.588. The van der Waals surface area contributed by atoms with Gasteiger partial charge in [-0.25, -0.2) is 15.0 Å². The van der Waals surface area contributed by atoms with Gasteiger partial charge in [-0.2, -0.15) is 0 Å². The van der Waals surface area contributed by atoms with Gasteiger partial charge in [-0.15, -0.1) is 0 Å². The monoisotopic (exact) mass is 677 g/mol. The lowest BCUT2D eigenvalue weighted by Gasteiger charge is -2.13. The van der Waals surface area contributed by atoms with Crippen molar-refractivity contribution in [2.45, 2.75) is 0 Å². The van der Waals surface area contributed by atoms with Gasteiger partial charge in [0.2, 0.25) is 0 Å². The van der Waals surface area contributed by atoms with E-state index in [-0.39, 0.29) is 0 Å². The third-order valence-corrected chi connectivity index (χ3v) is 9.95. The zero-order chi connectivity index (χ0) is 35.1. The maximum atomic E-state index is 6.91. The molecular weight excluding hydrogens is 647 g/mol. The molecule has 0 fully saturated rings. The van der Waals surface area contributed by atoms with Crippen LogP contribution in [-0.4, -0.2) is 15.0 Å². The van der Waals surface area contributed by atoms with Crippen LogP contribution in [0.3, 0.4) is 0 Å². The largest absolute Gasteiger partial charge is 0.455 e. The van der Waals surface area contributed by atoms with Gasteiger partial charge < -0.3 is 4.42 Å². The van der Waals surface area contributed by atoms with E-state index < -0.39 is 0 Å². The Hall–Kier alpha value is -7.17. The first-order chi connectivity index (χ1) is 26.3. The second-order valence-electron chi connectivity index (χ2n) is 13.2. The molecule has 0 amide bonds. The highest BCUT2D eigenvalue weighted by atomic mass is 16.3. The first kappa shape index (κ1) is 30.6. The fraction of sp³-hybridized carbons (Fsp3) is 0. The zero-order valence-electron chi connectivity index (χ0n) is 28.6. The van der Waals surface area contributed by atoms with Gasteiger partial charge in [0, 0.05) is 33.0 Å². The van der Waals surface area contributed by atoms with Crippen molar-refractivity contribution in [1.82, 2.24) is 15.0 Å². The Labute approximate surface area is 306 Å². The van der Waals surface area contributed by atoms with Crippen molar-refractivity contribution in [2.75, 3.05) is 0 Å². The molecule has 8 aromatic carbocycles. The third kappa shape index (κ3) is 5.54. The van der Waals surface area contributed by atoms with Crippen LogP contribution in [0.5, 0.6) is 0 Å². The summed E-state index contributed by atoms with van der Waals surface area (Å²) in [5.41, 5.74) is 11.0. The summed E-state index contributed by atoms with van der Waals surface area (Å²) in [6.07, 6.45) is 0. The van der Waals surface area contributed by atoms with Crippen LogP contribution in [0.15, 0.2) is 192 Å². The minimum Gasteiger partial charge on any atom is -0.455 e. The molecule has 2 aromatic heterocycles. The van der Waals surface area contributed by atoms with Crippen molar-refractivity contribution in [3.63, 3.8) is 0 Å². The van der Waals surface area contributed by atoms with Crippen molar-refractivity contribution in [2.24, 2.45) is 0 Å². The molecule has 53 heavy (non-hydrogen) atoms. The summed E-state index contributed by atoms with van der Waals surface area (Å²) < 4.78 is 6.91. The van der Waals surface area contributed by atoms with Crippen LogP contribution in [0.25, 0.3) is 100 Å². The summed E-state index contributed by atoms with van der Waals surface area (Å²) in [5, 5.41) is 4.26. The van der Waals surface area contributed by atoms with Crippen LogP contribution in [0.2, 0.25) is 0 Å². The lowest BCUT2D eigenvalue weighted by Crippen LogP contribution is -2.00. The predicted octanol–water partition coefficient (Wildman–Crippen LogP) is 12.9. The number of benzene rings is 8.